The summed E-state index contributed by atoms with van der Waals surface area (Å²) < 4.78 is 4.73. The van der Waals surface area contributed by atoms with E-state index >= 15 is 0 Å². The summed E-state index contributed by atoms with van der Waals surface area (Å²) >= 11 is 0. The smallest absolute Gasteiger partial charge is 0.337 e. The van der Waals surface area contributed by atoms with Gasteiger partial charge in [-0.05, 0) is 43.3 Å². The van der Waals surface area contributed by atoms with E-state index in [1.807, 2.05) is 37.3 Å². The number of anilines is 4. The van der Waals surface area contributed by atoms with Crippen molar-refractivity contribution >= 4 is 29.1 Å². The van der Waals surface area contributed by atoms with Crippen LogP contribution in [0.1, 0.15) is 15.9 Å². The van der Waals surface area contributed by atoms with E-state index in [0.717, 1.165) is 11.4 Å². The van der Waals surface area contributed by atoms with Crippen LogP contribution >= 0.6 is 0 Å². The number of aryl methyl sites for hydroxylation is 1. The average Bonchev–Trinajstić information content (AvgIpc) is 2.63. The fourth-order valence-electron chi connectivity index (χ4n) is 2.24. The zero-order chi connectivity index (χ0) is 17.6. The molecule has 6 nitrogen and oxygen atoms in total. The second-order valence-corrected chi connectivity index (χ2v) is 5.45. The van der Waals surface area contributed by atoms with Gasteiger partial charge in [-0.25, -0.2) is 9.78 Å². The van der Waals surface area contributed by atoms with Crippen molar-refractivity contribution in [3.05, 3.63) is 71.9 Å². The number of hydrogen-bond acceptors (Lipinski definition) is 6. The van der Waals surface area contributed by atoms with Gasteiger partial charge in [-0.1, -0.05) is 23.8 Å². The third-order valence-corrected chi connectivity index (χ3v) is 3.52. The summed E-state index contributed by atoms with van der Waals surface area (Å²) in [4.78, 5) is 20.3. The number of carbonyl (C=O) groups is 1. The molecule has 1 aromatic heterocycles. The second kappa shape index (κ2) is 7.44. The summed E-state index contributed by atoms with van der Waals surface area (Å²) in [6.45, 7) is 2.03. The first-order chi connectivity index (χ1) is 12.1. The molecule has 0 saturated heterocycles. The van der Waals surface area contributed by atoms with Gasteiger partial charge < -0.3 is 15.4 Å². The summed E-state index contributed by atoms with van der Waals surface area (Å²) in [5.41, 5.74) is 3.31. The first-order valence-corrected chi connectivity index (χ1v) is 7.76. The van der Waals surface area contributed by atoms with Crippen molar-refractivity contribution in [1.29, 1.82) is 0 Å². The Morgan fingerprint density at radius 1 is 1.00 bits per heavy atom. The third-order valence-electron chi connectivity index (χ3n) is 3.52. The fourth-order valence-corrected chi connectivity index (χ4v) is 2.24. The molecule has 0 aliphatic heterocycles. The zero-order valence-electron chi connectivity index (χ0n) is 14.0. The normalized spacial score (nSPS) is 10.2. The molecule has 6 heteroatoms. The summed E-state index contributed by atoms with van der Waals surface area (Å²) in [5.74, 6) is 0.720. The van der Waals surface area contributed by atoms with Gasteiger partial charge in [0.2, 0.25) is 5.95 Å². The number of nitrogens with one attached hydrogen (secondary N) is 2. The molecule has 0 aliphatic carbocycles. The van der Waals surface area contributed by atoms with Crippen molar-refractivity contribution in [2.45, 2.75) is 6.92 Å². The molecular weight excluding hydrogens is 316 g/mol. The van der Waals surface area contributed by atoms with Gasteiger partial charge in [0.1, 0.15) is 5.82 Å². The quantitative estimate of drug-likeness (QED) is 0.685. The fraction of sp³-hybridized carbons (Fsp3) is 0.105. The molecule has 126 valence electrons. The Labute approximate surface area is 145 Å². The summed E-state index contributed by atoms with van der Waals surface area (Å²) in [6.07, 6.45) is 1.66. The van der Waals surface area contributed by atoms with Crippen molar-refractivity contribution in [3.63, 3.8) is 0 Å². The van der Waals surface area contributed by atoms with Crippen LogP contribution in [0.3, 0.4) is 0 Å². The number of aromatic nitrogens is 2. The number of esters is 1. The SMILES string of the molecule is COC(=O)c1cccc(Nc2ccnc(Nc3ccc(C)cc3)n2)c1. The molecule has 0 radical (unpaired) electrons. The summed E-state index contributed by atoms with van der Waals surface area (Å²) in [7, 11) is 1.36. The van der Waals surface area contributed by atoms with Crippen LogP contribution in [0.5, 0.6) is 0 Å². The van der Waals surface area contributed by atoms with E-state index in [9.17, 15) is 4.79 Å². The number of nitrogens with zero attached hydrogens (tertiary/aromatic N) is 2. The van der Waals surface area contributed by atoms with Gasteiger partial charge in [0.25, 0.3) is 0 Å². The van der Waals surface area contributed by atoms with Crippen LogP contribution in [0.25, 0.3) is 0 Å². The number of benzene rings is 2. The summed E-state index contributed by atoms with van der Waals surface area (Å²) in [5, 5.41) is 6.32. The predicted molar refractivity (Wildman–Crippen MR) is 97.6 cm³/mol. The lowest BCUT2D eigenvalue weighted by atomic mass is 10.2. The van der Waals surface area contributed by atoms with E-state index in [2.05, 4.69) is 20.6 Å². The topological polar surface area (TPSA) is 76.1 Å². The monoisotopic (exact) mass is 334 g/mol. The summed E-state index contributed by atoms with van der Waals surface area (Å²) in [6, 6.07) is 16.8. The van der Waals surface area contributed by atoms with Crippen LogP contribution in [0.15, 0.2) is 60.8 Å². The van der Waals surface area contributed by atoms with E-state index in [1.165, 1.54) is 12.7 Å². The zero-order valence-corrected chi connectivity index (χ0v) is 14.0. The van der Waals surface area contributed by atoms with Gasteiger partial charge in [0, 0.05) is 17.6 Å². The molecule has 0 fully saturated rings. The lowest BCUT2D eigenvalue weighted by Crippen LogP contribution is -2.03. The van der Waals surface area contributed by atoms with Crippen molar-refractivity contribution in [3.8, 4) is 0 Å². The van der Waals surface area contributed by atoms with Gasteiger partial charge in [-0.3, -0.25) is 0 Å². The van der Waals surface area contributed by atoms with E-state index in [1.54, 1.807) is 30.5 Å². The molecule has 0 saturated carbocycles. The molecule has 0 bridgehead atoms. The number of hydrogen-bond donors (Lipinski definition) is 2. The lowest BCUT2D eigenvalue weighted by molar-refractivity contribution is 0.0601. The predicted octanol–water partition coefficient (Wildman–Crippen LogP) is 4.06. The van der Waals surface area contributed by atoms with Gasteiger partial charge >= 0.3 is 5.97 Å². The molecule has 1 heterocycles. The molecule has 3 rings (SSSR count). The third kappa shape index (κ3) is 4.32. The van der Waals surface area contributed by atoms with Crippen LogP contribution in [0, 0.1) is 6.92 Å². The van der Waals surface area contributed by atoms with Crippen LogP contribution in [-0.2, 0) is 4.74 Å². The molecule has 0 unspecified atom stereocenters. The van der Waals surface area contributed by atoms with Crippen molar-refractivity contribution in [2.75, 3.05) is 17.7 Å². The highest BCUT2D eigenvalue weighted by atomic mass is 16.5. The van der Waals surface area contributed by atoms with Crippen LogP contribution in [0.2, 0.25) is 0 Å². The van der Waals surface area contributed by atoms with Crippen LogP contribution in [0.4, 0.5) is 23.1 Å². The largest absolute Gasteiger partial charge is 0.465 e. The molecular formula is C19H18N4O2. The van der Waals surface area contributed by atoms with Gasteiger partial charge in [0.05, 0.1) is 12.7 Å². The van der Waals surface area contributed by atoms with Gasteiger partial charge in [0.15, 0.2) is 0 Å². The highest BCUT2D eigenvalue weighted by molar-refractivity contribution is 5.90. The Balaban J connectivity index is 1.75. The molecule has 0 atom stereocenters. The minimum Gasteiger partial charge on any atom is -0.465 e. The minimum absolute atomic E-state index is 0.381. The number of carbonyl (C=O) groups excluding carboxylic acids is 1. The van der Waals surface area contributed by atoms with E-state index in [0.29, 0.717) is 17.3 Å². The number of rotatable bonds is 5. The first-order valence-electron chi connectivity index (χ1n) is 7.76. The van der Waals surface area contributed by atoms with E-state index < -0.39 is 0 Å². The van der Waals surface area contributed by atoms with Crippen LogP contribution in [-0.4, -0.2) is 23.0 Å². The molecule has 0 amide bonds. The molecule has 2 N–H and O–H groups in total. The Morgan fingerprint density at radius 2 is 1.80 bits per heavy atom. The molecule has 3 aromatic rings. The highest BCUT2D eigenvalue weighted by Crippen LogP contribution is 2.19. The van der Waals surface area contributed by atoms with Crippen molar-refractivity contribution in [1.82, 2.24) is 9.97 Å². The van der Waals surface area contributed by atoms with Gasteiger partial charge in [-0.2, -0.15) is 4.98 Å². The van der Waals surface area contributed by atoms with Crippen molar-refractivity contribution < 1.29 is 9.53 Å². The molecule has 25 heavy (non-hydrogen) atoms. The van der Waals surface area contributed by atoms with E-state index in [4.69, 9.17) is 4.74 Å². The van der Waals surface area contributed by atoms with Crippen LogP contribution < -0.4 is 10.6 Å². The highest BCUT2D eigenvalue weighted by Gasteiger charge is 2.06. The number of ether oxygens (including phenoxy) is 1. The first kappa shape index (κ1) is 16.4. The van der Waals surface area contributed by atoms with Crippen molar-refractivity contribution in [2.24, 2.45) is 0 Å². The Bertz CT molecular complexity index is 879. The standard InChI is InChI=1S/C19H18N4O2/c1-13-6-8-15(9-7-13)22-19-20-11-10-17(23-19)21-16-5-3-4-14(12-16)18(24)25-2/h3-12H,1-2H3,(H2,20,21,22,23). The maximum atomic E-state index is 11.6. The van der Waals surface area contributed by atoms with Gasteiger partial charge in [-0.15, -0.1) is 0 Å². The Kier molecular flexibility index (Phi) is 4.89. The average molecular weight is 334 g/mol. The number of methoxy groups -OCH3 is 1. The Morgan fingerprint density at radius 3 is 2.56 bits per heavy atom. The molecule has 2 aromatic carbocycles. The molecule has 0 spiro atoms. The second-order valence-electron chi connectivity index (χ2n) is 5.45. The lowest BCUT2D eigenvalue weighted by Gasteiger charge is -2.09. The Hall–Kier alpha value is -3.41. The minimum atomic E-state index is -0.381. The maximum Gasteiger partial charge on any atom is 0.337 e. The maximum absolute atomic E-state index is 11.6. The van der Waals surface area contributed by atoms with E-state index in [-0.39, 0.29) is 5.97 Å². The molecule has 0 aliphatic rings.